The summed E-state index contributed by atoms with van der Waals surface area (Å²) in [5.41, 5.74) is 7.08. The number of nitrogens with zero attached hydrogens (tertiary/aromatic N) is 6. The maximum absolute atomic E-state index is 4.79. The van der Waals surface area contributed by atoms with E-state index in [4.69, 9.17) is 9.98 Å². The number of aliphatic imine (C=N–C) groups is 1. The fraction of sp³-hybridized carbons (Fsp3) is 0.333. The van der Waals surface area contributed by atoms with E-state index in [1.54, 1.807) is 6.20 Å². The van der Waals surface area contributed by atoms with Gasteiger partial charge < -0.3 is 20.4 Å². The van der Waals surface area contributed by atoms with Gasteiger partial charge in [0.05, 0.1) is 24.1 Å². The molecule has 2 aliphatic heterocycles. The summed E-state index contributed by atoms with van der Waals surface area (Å²) in [5.74, 6) is 1.54. The molecule has 0 bridgehead atoms. The van der Waals surface area contributed by atoms with E-state index >= 15 is 0 Å². The SMILES string of the molecule is C=C1CN=C(C(C)C)c2cc(-c3ccnc(Nc4ccc(N5CCN(C)CC5)cn4)n3)ccc2N1. The molecule has 1 aromatic carbocycles. The lowest BCUT2D eigenvalue weighted by Gasteiger charge is -2.33. The zero-order chi connectivity index (χ0) is 24.4. The highest BCUT2D eigenvalue weighted by Gasteiger charge is 2.18. The van der Waals surface area contributed by atoms with E-state index < -0.39 is 0 Å². The molecule has 180 valence electrons. The number of fused-ring (bicyclic) bond motifs is 1. The molecule has 1 fully saturated rings. The number of benzodiazepines with no additional fused rings is 1. The lowest BCUT2D eigenvalue weighted by atomic mass is 9.95. The number of rotatable bonds is 5. The topological polar surface area (TPSA) is 81.6 Å². The molecule has 0 spiro atoms. The van der Waals surface area contributed by atoms with Gasteiger partial charge in [-0.2, -0.15) is 0 Å². The Morgan fingerprint density at radius 1 is 1.03 bits per heavy atom. The van der Waals surface area contributed by atoms with Gasteiger partial charge in [-0.05, 0) is 43.3 Å². The van der Waals surface area contributed by atoms with Gasteiger partial charge in [-0.15, -0.1) is 0 Å². The minimum Gasteiger partial charge on any atom is -0.368 e. The third-order valence-corrected chi connectivity index (χ3v) is 6.40. The molecule has 8 nitrogen and oxygen atoms in total. The maximum Gasteiger partial charge on any atom is 0.228 e. The first kappa shape index (κ1) is 23.0. The van der Waals surface area contributed by atoms with Gasteiger partial charge >= 0.3 is 0 Å². The van der Waals surface area contributed by atoms with Gasteiger partial charge in [0.15, 0.2) is 0 Å². The van der Waals surface area contributed by atoms with Gasteiger partial charge in [-0.1, -0.05) is 26.5 Å². The Morgan fingerprint density at radius 2 is 1.86 bits per heavy atom. The molecule has 0 saturated carbocycles. The fourth-order valence-electron chi connectivity index (χ4n) is 4.42. The molecule has 0 radical (unpaired) electrons. The van der Waals surface area contributed by atoms with E-state index in [0.717, 1.165) is 71.6 Å². The van der Waals surface area contributed by atoms with E-state index in [0.29, 0.717) is 18.4 Å². The number of piperazine rings is 1. The van der Waals surface area contributed by atoms with Crippen LogP contribution in [0, 0.1) is 5.92 Å². The number of pyridine rings is 1. The lowest BCUT2D eigenvalue weighted by Crippen LogP contribution is -2.44. The summed E-state index contributed by atoms with van der Waals surface area (Å²) in [5, 5.41) is 6.64. The minimum absolute atomic E-state index is 0.305. The molecule has 0 atom stereocenters. The van der Waals surface area contributed by atoms with Crippen LogP contribution in [-0.4, -0.2) is 65.3 Å². The van der Waals surface area contributed by atoms with Gasteiger partial charge in [-0.25, -0.2) is 15.0 Å². The monoisotopic (exact) mass is 468 g/mol. The standard InChI is InChI=1S/C27H32N8/c1-18(2)26-22-15-20(5-7-24(22)31-19(3)16-30-26)23-9-10-28-27(32-23)33-25-8-6-21(17-29-25)35-13-11-34(4)12-14-35/h5-10,15,17-18,31H,3,11-14,16H2,1-2,4H3,(H,28,29,32,33). The average Bonchev–Trinajstić information content (AvgIpc) is 3.03. The van der Waals surface area contributed by atoms with Crippen molar-refractivity contribution in [1.29, 1.82) is 0 Å². The van der Waals surface area contributed by atoms with E-state index in [9.17, 15) is 0 Å². The summed E-state index contributed by atoms with van der Waals surface area (Å²) in [6.45, 7) is 13.2. The zero-order valence-electron chi connectivity index (χ0n) is 20.6. The van der Waals surface area contributed by atoms with Crippen LogP contribution in [0.5, 0.6) is 0 Å². The molecule has 8 heteroatoms. The summed E-state index contributed by atoms with van der Waals surface area (Å²) < 4.78 is 0. The normalized spacial score (nSPS) is 16.4. The second-order valence-corrected chi connectivity index (χ2v) is 9.43. The molecule has 35 heavy (non-hydrogen) atoms. The number of hydrogen-bond donors (Lipinski definition) is 2. The highest BCUT2D eigenvalue weighted by molar-refractivity contribution is 6.07. The van der Waals surface area contributed by atoms with Crippen molar-refractivity contribution in [2.75, 3.05) is 55.3 Å². The van der Waals surface area contributed by atoms with E-state index in [-0.39, 0.29) is 0 Å². The Bertz CT molecular complexity index is 1240. The molecule has 5 rings (SSSR count). The molecule has 0 unspecified atom stereocenters. The number of hydrogen-bond acceptors (Lipinski definition) is 8. The number of aromatic nitrogens is 3. The van der Waals surface area contributed by atoms with E-state index in [1.165, 1.54) is 0 Å². The van der Waals surface area contributed by atoms with Crippen molar-refractivity contribution in [2.45, 2.75) is 13.8 Å². The van der Waals surface area contributed by atoms with Crippen LogP contribution in [0.15, 0.2) is 66.1 Å². The molecule has 4 heterocycles. The van der Waals surface area contributed by atoms with Crippen molar-refractivity contribution in [3.63, 3.8) is 0 Å². The molecular formula is C27H32N8. The summed E-state index contributed by atoms with van der Waals surface area (Å²) in [4.78, 5) is 23.3. The second kappa shape index (κ2) is 9.84. The van der Waals surface area contributed by atoms with Crippen LogP contribution in [0.25, 0.3) is 11.3 Å². The number of likely N-dealkylation sites (N-methyl/N-ethyl adjacent to an activating group) is 1. The molecule has 0 aliphatic carbocycles. The number of nitrogens with one attached hydrogen (secondary N) is 2. The highest BCUT2D eigenvalue weighted by Crippen LogP contribution is 2.30. The van der Waals surface area contributed by atoms with Gasteiger partial charge in [0.1, 0.15) is 5.82 Å². The number of benzene rings is 1. The molecule has 2 aromatic heterocycles. The van der Waals surface area contributed by atoms with E-state index in [2.05, 4.69) is 82.1 Å². The van der Waals surface area contributed by atoms with Crippen molar-refractivity contribution < 1.29 is 0 Å². The predicted molar refractivity (Wildman–Crippen MR) is 144 cm³/mol. The van der Waals surface area contributed by atoms with Crippen LogP contribution >= 0.6 is 0 Å². The Labute approximate surface area is 206 Å². The molecule has 1 saturated heterocycles. The zero-order valence-corrected chi connectivity index (χ0v) is 20.6. The Kier molecular flexibility index (Phi) is 6.46. The van der Waals surface area contributed by atoms with Crippen molar-refractivity contribution in [3.05, 3.63) is 66.6 Å². The van der Waals surface area contributed by atoms with Gasteiger partial charge in [0.25, 0.3) is 0 Å². The molecule has 3 aromatic rings. The van der Waals surface area contributed by atoms with Crippen molar-refractivity contribution in [1.82, 2.24) is 19.9 Å². The highest BCUT2D eigenvalue weighted by atomic mass is 15.3. The summed E-state index contributed by atoms with van der Waals surface area (Å²) >= 11 is 0. The van der Waals surface area contributed by atoms with Gasteiger partial charge in [0, 0.05) is 60.6 Å². The molecular weight excluding hydrogens is 436 g/mol. The fourth-order valence-corrected chi connectivity index (χ4v) is 4.42. The Hall–Kier alpha value is -3.78. The van der Waals surface area contributed by atoms with Crippen LogP contribution in [0.2, 0.25) is 0 Å². The molecule has 2 N–H and O–H groups in total. The largest absolute Gasteiger partial charge is 0.368 e. The smallest absolute Gasteiger partial charge is 0.228 e. The maximum atomic E-state index is 4.79. The summed E-state index contributed by atoms with van der Waals surface area (Å²) in [6.07, 6.45) is 3.68. The Balaban J connectivity index is 1.36. The first-order valence-corrected chi connectivity index (χ1v) is 12.1. The van der Waals surface area contributed by atoms with Crippen LogP contribution in [0.1, 0.15) is 19.4 Å². The summed E-state index contributed by atoms with van der Waals surface area (Å²) in [7, 11) is 2.16. The average molecular weight is 469 g/mol. The van der Waals surface area contributed by atoms with Crippen molar-refractivity contribution >= 4 is 28.9 Å². The van der Waals surface area contributed by atoms with E-state index in [1.807, 2.05) is 18.3 Å². The van der Waals surface area contributed by atoms with Crippen LogP contribution in [0.4, 0.5) is 23.1 Å². The van der Waals surface area contributed by atoms with Gasteiger partial charge in [0.2, 0.25) is 5.95 Å². The Morgan fingerprint density at radius 3 is 2.60 bits per heavy atom. The molecule has 0 amide bonds. The van der Waals surface area contributed by atoms with Crippen LogP contribution < -0.4 is 15.5 Å². The first-order valence-electron chi connectivity index (χ1n) is 12.1. The first-order chi connectivity index (χ1) is 17.0. The lowest BCUT2D eigenvalue weighted by molar-refractivity contribution is 0.313. The van der Waals surface area contributed by atoms with Crippen LogP contribution in [0.3, 0.4) is 0 Å². The minimum atomic E-state index is 0.305. The molecule has 2 aliphatic rings. The quantitative estimate of drug-likeness (QED) is 0.574. The predicted octanol–water partition coefficient (Wildman–Crippen LogP) is 4.42. The third-order valence-electron chi connectivity index (χ3n) is 6.40. The van der Waals surface area contributed by atoms with Crippen molar-refractivity contribution in [3.8, 4) is 11.3 Å². The third kappa shape index (κ3) is 5.17. The number of anilines is 4. The van der Waals surface area contributed by atoms with Gasteiger partial charge in [-0.3, -0.25) is 4.99 Å². The summed E-state index contributed by atoms with van der Waals surface area (Å²) in [6, 6.07) is 12.3. The second-order valence-electron chi connectivity index (χ2n) is 9.43. The van der Waals surface area contributed by atoms with Crippen LogP contribution in [-0.2, 0) is 0 Å². The van der Waals surface area contributed by atoms with Crippen molar-refractivity contribution in [2.24, 2.45) is 10.9 Å².